The molecule has 0 bridgehead atoms. The van der Waals surface area contributed by atoms with Crippen molar-refractivity contribution in [3.63, 3.8) is 0 Å². The fourth-order valence-electron chi connectivity index (χ4n) is 3.90. The van der Waals surface area contributed by atoms with Crippen LogP contribution >= 0.6 is 0 Å². The van der Waals surface area contributed by atoms with Gasteiger partial charge in [-0.25, -0.2) is 0 Å². The first kappa shape index (κ1) is 18.1. The van der Waals surface area contributed by atoms with E-state index in [0.717, 1.165) is 16.5 Å². The molecule has 0 unspecified atom stereocenters. The molecule has 1 aliphatic heterocycles. The van der Waals surface area contributed by atoms with Crippen molar-refractivity contribution in [2.45, 2.75) is 12.3 Å². The molecule has 1 amide bonds. The number of hydrogen-bond acceptors (Lipinski definition) is 4. The summed E-state index contributed by atoms with van der Waals surface area (Å²) in [4.78, 5) is 26.3. The third kappa shape index (κ3) is 3.33. The third-order valence-electron chi connectivity index (χ3n) is 5.42. The second-order valence-electron chi connectivity index (χ2n) is 7.06. The van der Waals surface area contributed by atoms with E-state index in [9.17, 15) is 14.7 Å². The van der Waals surface area contributed by atoms with Crippen molar-refractivity contribution in [1.29, 1.82) is 0 Å². The molecular weight excluding hydrogens is 358 g/mol. The zero-order valence-corrected chi connectivity index (χ0v) is 15.5. The number of likely N-dealkylation sites (tertiary alicyclic amines) is 1. The number of aliphatic carboxylic acids is 1. The minimum Gasteiger partial charge on any atom is -0.497 e. The van der Waals surface area contributed by atoms with Gasteiger partial charge in [-0.3, -0.25) is 9.59 Å². The highest BCUT2D eigenvalue weighted by Gasteiger charge is 2.40. The molecule has 0 radical (unpaired) electrons. The summed E-state index contributed by atoms with van der Waals surface area (Å²) >= 11 is 0. The van der Waals surface area contributed by atoms with E-state index in [2.05, 4.69) is 0 Å². The van der Waals surface area contributed by atoms with Gasteiger partial charge in [0.2, 0.25) is 5.91 Å². The van der Waals surface area contributed by atoms with Crippen molar-refractivity contribution >= 4 is 22.8 Å². The Kier molecular flexibility index (Phi) is 4.77. The van der Waals surface area contributed by atoms with E-state index >= 15 is 0 Å². The first-order chi connectivity index (χ1) is 13.6. The number of nitrogens with zero attached hydrogens (tertiary/aromatic N) is 1. The molecule has 1 saturated heterocycles. The summed E-state index contributed by atoms with van der Waals surface area (Å²) in [7, 11) is 1.59. The first-order valence-electron chi connectivity index (χ1n) is 9.16. The van der Waals surface area contributed by atoms with Gasteiger partial charge < -0.3 is 19.2 Å². The summed E-state index contributed by atoms with van der Waals surface area (Å²) in [5.74, 6) is -1.08. The Bertz CT molecular complexity index is 1010. The maximum Gasteiger partial charge on any atom is 0.308 e. The van der Waals surface area contributed by atoms with Crippen LogP contribution in [0.2, 0.25) is 0 Å². The van der Waals surface area contributed by atoms with Crippen molar-refractivity contribution in [2.75, 3.05) is 20.2 Å². The summed E-state index contributed by atoms with van der Waals surface area (Å²) in [5.41, 5.74) is 2.40. The Morgan fingerprint density at radius 1 is 1.18 bits per heavy atom. The highest BCUT2D eigenvalue weighted by molar-refractivity contribution is 5.89. The molecule has 6 heteroatoms. The Morgan fingerprint density at radius 3 is 2.68 bits per heavy atom. The summed E-state index contributed by atoms with van der Waals surface area (Å²) in [6.07, 6.45) is 1.76. The van der Waals surface area contributed by atoms with Gasteiger partial charge in [-0.05, 0) is 17.7 Å². The van der Waals surface area contributed by atoms with Crippen LogP contribution in [0.15, 0.2) is 59.2 Å². The normalized spacial score (nSPS) is 19.1. The third-order valence-corrected chi connectivity index (χ3v) is 5.42. The lowest BCUT2D eigenvalue weighted by Crippen LogP contribution is -2.31. The second kappa shape index (κ2) is 7.38. The molecule has 1 N–H and O–H groups in total. The van der Waals surface area contributed by atoms with Crippen LogP contribution < -0.4 is 4.74 Å². The molecule has 2 aromatic carbocycles. The molecule has 3 aromatic rings. The van der Waals surface area contributed by atoms with Crippen molar-refractivity contribution in [2.24, 2.45) is 5.92 Å². The van der Waals surface area contributed by atoms with E-state index in [1.165, 1.54) is 0 Å². The molecular formula is C22H21NO5. The molecule has 4 rings (SSSR count). The summed E-state index contributed by atoms with van der Waals surface area (Å²) in [5, 5.41) is 10.5. The maximum atomic E-state index is 12.9. The number of ether oxygens (including phenoxy) is 1. The summed E-state index contributed by atoms with van der Waals surface area (Å²) in [6.45, 7) is 0.626. The molecule has 1 aliphatic rings. The van der Waals surface area contributed by atoms with Crippen LogP contribution in [0, 0.1) is 5.92 Å². The number of methoxy groups -OCH3 is 1. The molecule has 1 fully saturated rings. The Hall–Kier alpha value is -3.28. The highest BCUT2D eigenvalue weighted by atomic mass is 16.5. The molecule has 0 saturated carbocycles. The number of benzene rings is 2. The number of carbonyl (C=O) groups is 2. The molecule has 1 aromatic heterocycles. The van der Waals surface area contributed by atoms with Crippen molar-refractivity contribution in [3.8, 4) is 5.75 Å². The molecule has 0 spiro atoms. The summed E-state index contributed by atoms with van der Waals surface area (Å²) in [6, 6.07) is 15.0. The van der Waals surface area contributed by atoms with Crippen LogP contribution in [0.3, 0.4) is 0 Å². The van der Waals surface area contributed by atoms with Gasteiger partial charge in [0.15, 0.2) is 0 Å². The van der Waals surface area contributed by atoms with Gasteiger partial charge in [0.05, 0.1) is 25.7 Å². The largest absolute Gasteiger partial charge is 0.497 e. The van der Waals surface area contributed by atoms with Gasteiger partial charge in [0.1, 0.15) is 11.3 Å². The zero-order valence-electron chi connectivity index (χ0n) is 15.5. The lowest BCUT2D eigenvalue weighted by atomic mass is 9.89. The van der Waals surface area contributed by atoms with E-state index in [4.69, 9.17) is 9.15 Å². The van der Waals surface area contributed by atoms with Crippen LogP contribution in [0.25, 0.3) is 11.0 Å². The lowest BCUT2D eigenvalue weighted by molar-refractivity contribution is -0.141. The molecule has 0 aliphatic carbocycles. The van der Waals surface area contributed by atoms with E-state index < -0.39 is 11.9 Å². The van der Waals surface area contributed by atoms with Crippen LogP contribution in [-0.4, -0.2) is 42.1 Å². The number of carboxylic acids is 1. The zero-order chi connectivity index (χ0) is 19.7. The Balaban J connectivity index is 1.53. The van der Waals surface area contributed by atoms with E-state index in [0.29, 0.717) is 17.9 Å². The number of furan rings is 1. The van der Waals surface area contributed by atoms with E-state index in [1.807, 2.05) is 42.5 Å². The first-order valence-corrected chi connectivity index (χ1v) is 9.16. The second-order valence-corrected chi connectivity index (χ2v) is 7.06. The predicted octanol–water partition coefficient (Wildman–Crippen LogP) is 3.31. The minimum absolute atomic E-state index is 0.0943. The molecule has 144 valence electrons. The fraction of sp³-hybridized carbons (Fsp3) is 0.273. The van der Waals surface area contributed by atoms with Gasteiger partial charge in [0, 0.05) is 36.0 Å². The van der Waals surface area contributed by atoms with Crippen LogP contribution in [0.1, 0.15) is 17.0 Å². The fourth-order valence-corrected chi connectivity index (χ4v) is 3.90. The van der Waals surface area contributed by atoms with Gasteiger partial charge in [-0.2, -0.15) is 0 Å². The smallest absolute Gasteiger partial charge is 0.308 e. The monoisotopic (exact) mass is 379 g/mol. The van der Waals surface area contributed by atoms with E-state index in [-0.39, 0.29) is 24.8 Å². The van der Waals surface area contributed by atoms with Crippen LogP contribution in [0.5, 0.6) is 5.75 Å². The average Bonchev–Trinajstić information content (AvgIpc) is 3.33. The van der Waals surface area contributed by atoms with Crippen molar-refractivity contribution < 1.29 is 23.8 Å². The van der Waals surface area contributed by atoms with Gasteiger partial charge >= 0.3 is 5.97 Å². The topological polar surface area (TPSA) is 80.0 Å². The highest BCUT2D eigenvalue weighted by Crippen LogP contribution is 2.34. The number of rotatable bonds is 5. The van der Waals surface area contributed by atoms with Gasteiger partial charge in [0.25, 0.3) is 0 Å². The van der Waals surface area contributed by atoms with Crippen LogP contribution in [0.4, 0.5) is 0 Å². The molecule has 2 atom stereocenters. The lowest BCUT2D eigenvalue weighted by Gasteiger charge is -2.16. The van der Waals surface area contributed by atoms with Crippen molar-refractivity contribution in [1.82, 2.24) is 4.90 Å². The summed E-state index contributed by atoms with van der Waals surface area (Å²) < 4.78 is 10.8. The minimum atomic E-state index is -0.870. The maximum absolute atomic E-state index is 12.9. The number of hydrogen-bond donors (Lipinski definition) is 1. The van der Waals surface area contributed by atoms with Crippen molar-refractivity contribution in [3.05, 3.63) is 65.9 Å². The predicted molar refractivity (Wildman–Crippen MR) is 103 cm³/mol. The SMILES string of the molecule is COc1ccc2c(CC(=O)N3C[C@H](C(=O)O)[C@@H](c4ccccc4)C3)coc2c1. The molecule has 6 nitrogen and oxygen atoms in total. The number of carboxylic acid groups (broad SMARTS) is 1. The van der Waals surface area contributed by atoms with Gasteiger partial charge in [-0.1, -0.05) is 30.3 Å². The average molecular weight is 379 g/mol. The van der Waals surface area contributed by atoms with Gasteiger partial charge in [-0.15, -0.1) is 0 Å². The van der Waals surface area contributed by atoms with Crippen LogP contribution in [-0.2, 0) is 16.0 Å². The Morgan fingerprint density at radius 2 is 1.96 bits per heavy atom. The van der Waals surface area contributed by atoms with E-state index in [1.54, 1.807) is 24.3 Å². The Labute approximate surface area is 162 Å². The molecule has 2 heterocycles. The molecule has 28 heavy (non-hydrogen) atoms. The number of carbonyl (C=O) groups excluding carboxylic acids is 1. The quantitative estimate of drug-likeness (QED) is 0.736. The number of fused-ring (bicyclic) bond motifs is 1. The number of amides is 1. The standard InChI is InChI=1S/C22H21NO5/c1-27-16-7-8-17-15(13-28-20(17)10-16)9-21(24)23-11-18(19(12-23)22(25)26)14-5-3-2-4-6-14/h2-8,10,13,18-19H,9,11-12H2,1H3,(H,25,26)/t18-,19+/m1/s1.